The molecule has 5 heteroatoms. The van der Waals surface area contributed by atoms with Crippen molar-refractivity contribution in [3.63, 3.8) is 0 Å². The third-order valence-electron chi connectivity index (χ3n) is 1.74. The molecule has 0 radical (unpaired) electrons. The number of nitriles is 1. The second-order valence-electron chi connectivity index (χ2n) is 2.62. The number of rotatable bonds is 3. The smallest absolute Gasteiger partial charge is 0.255 e. The minimum absolute atomic E-state index is 0.0618. The SMILES string of the molecule is CCN(CC#N)C(=O)c1csc(I)c1. The van der Waals surface area contributed by atoms with Crippen molar-refractivity contribution < 1.29 is 4.79 Å². The summed E-state index contributed by atoms with van der Waals surface area (Å²) < 4.78 is 1.08. The maximum atomic E-state index is 11.8. The molecule has 0 unspecified atom stereocenters. The van der Waals surface area contributed by atoms with E-state index in [1.54, 1.807) is 0 Å². The fraction of sp³-hybridized carbons (Fsp3) is 0.333. The molecule has 1 amide bonds. The van der Waals surface area contributed by atoms with Crippen LogP contribution in [0.3, 0.4) is 0 Å². The van der Waals surface area contributed by atoms with Crippen molar-refractivity contribution in [1.29, 1.82) is 5.26 Å². The number of carbonyl (C=O) groups excluding carboxylic acids is 1. The first kappa shape index (κ1) is 11.5. The summed E-state index contributed by atoms with van der Waals surface area (Å²) in [5.74, 6) is -0.0618. The molecule has 14 heavy (non-hydrogen) atoms. The molecule has 0 spiro atoms. The van der Waals surface area contributed by atoms with Crippen molar-refractivity contribution in [2.45, 2.75) is 6.92 Å². The van der Waals surface area contributed by atoms with Gasteiger partial charge in [-0.25, -0.2) is 0 Å². The largest absolute Gasteiger partial charge is 0.326 e. The fourth-order valence-electron chi connectivity index (χ4n) is 1.02. The minimum atomic E-state index is -0.0618. The summed E-state index contributed by atoms with van der Waals surface area (Å²) in [6.45, 7) is 2.59. The van der Waals surface area contributed by atoms with E-state index >= 15 is 0 Å². The highest BCUT2D eigenvalue weighted by molar-refractivity contribution is 14.1. The lowest BCUT2D eigenvalue weighted by Crippen LogP contribution is -2.30. The van der Waals surface area contributed by atoms with Crippen molar-refractivity contribution in [2.75, 3.05) is 13.1 Å². The van der Waals surface area contributed by atoms with Crippen LogP contribution < -0.4 is 0 Å². The number of halogens is 1. The second-order valence-corrected chi connectivity index (χ2v) is 5.42. The van der Waals surface area contributed by atoms with E-state index < -0.39 is 0 Å². The second kappa shape index (κ2) is 5.32. The first-order valence-corrected chi connectivity index (χ1v) is 6.05. The summed E-state index contributed by atoms with van der Waals surface area (Å²) in [6.07, 6.45) is 0. The Morgan fingerprint density at radius 1 is 1.79 bits per heavy atom. The van der Waals surface area contributed by atoms with Crippen LogP contribution in [0, 0.1) is 14.2 Å². The molecule has 0 aliphatic carbocycles. The molecule has 74 valence electrons. The van der Waals surface area contributed by atoms with Crippen LogP contribution >= 0.6 is 33.9 Å². The number of hydrogen-bond acceptors (Lipinski definition) is 3. The van der Waals surface area contributed by atoms with Crippen molar-refractivity contribution >= 4 is 39.8 Å². The number of nitrogens with zero attached hydrogens (tertiary/aromatic N) is 2. The van der Waals surface area contributed by atoms with Crippen LogP contribution in [0.15, 0.2) is 11.4 Å². The fourth-order valence-corrected chi connectivity index (χ4v) is 2.34. The van der Waals surface area contributed by atoms with E-state index in [-0.39, 0.29) is 12.5 Å². The summed E-state index contributed by atoms with van der Waals surface area (Å²) in [6, 6.07) is 3.82. The van der Waals surface area contributed by atoms with Gasteiger partial charge >= 0.3 is 0 Å². The molecule has 3 nitrogen and oxygen atoms in total. The van der Waals surface area contributed by atoms with E-state index in [9.17, 15) is 4.79 Å². The van der Waals surface area contributed by atoms with Crippen molar-refractivity contribution in [3.8, 4) is 6.07 Å². The summed E-state index contributed by atoms with van der Waals surface area (Å²) in [7, 11) is 0. The molecular weight excluding hydrogens is 311 g/mol. The zero-order valence-electron chi connectivity index (χ0n) is 7.66. The lowest BCUT2D eigenvalue weighted by Gasteiger charge is -2.15. The summed E-state index contributed by atoms with van der Waals surface area (Å²) in [5.41, 5.74) is 0.677. The standard InChI is InChI=1S/C9H9IN2OS/c1-2-12(4-3-11)9(13)7-5-8(10)14-6-7/h5-6H,2,4H2,1H3. The zero-order chi connectivity index (χ0) is 10.6. The summed E-state index contributed by atoms with van der Waals surface area (Å²) in [5, 5.41) is 10.3. The van der Waals surface area contributed by atoms with Crippen LogP contribution in [0.1, 0.15) is 17.3 Å². The van der Waals surface area contributed by atoms with E-state index in [0.717, 1.165) is 2.88 Å². The molecule has 1 heterocycles. The Labute approximate surface area is 100 Å². The van der Waals surface area contributed by atoms with Gasteiger partial charge in [-0.3, -0.25) is 4.79 Å². The predicted octanol–water partition coefficient (Wildman–Crippen LogP) is 2.34. The normalized spacial score (nSPS) is 9.50. The molecule has 0 aromatic carbocycles. The van der Waals surface area contributed by atoms with Crippen molar-refractivity contribution in [1.82, 2.24) is 4.90 Å². The number of amides is 1. The van der Waals surface area contributed by atoms with E-state index in [1.165, 1.54) is 16.2 Å². The molecule has 1 aromatic rings. The lowest BCUT2D eigenvalue weighted by atomic mass is 10.3. The summed E-state index contributed by atoms with van der Waals surface area (Å²) >= 11 is 3.71. The van der Waals surface area contributed by atoms with Crippen molar-refractivity contribution in [2.24, 2.45) is 0 Å². The van der Waals surface area contributed by atoms with Gasteiger partial charge in [-0.2, -0.15) is 5.26 Å². The van der Waals surface area contributed by atoms with Crippen LogP contribution in [0.5, 0.6) is 0 Å². The van der Waals surface area contributed by atoms with Crippen LogP contribution in [0.25, 0.3) is 0 Å². The quantitative estimate of drug-likeness (QED) is 0.634. The van der Waals surface area contributed by atoms with Crippen molar-refractivity contribution in [3.05, 3.63) is 19.9 Å². The van der Waals surface area contributed by atoms with E-state index in [4.69, 9.17) is 5.26 Å². The molecular formula is C9H9IN2OS. The molecule has 0 fully saturated rings. The third kappa shape index (κ3) is 2.69. The van der Waals surface area contributed by atoms with Gasteiger partial charge in [0.1, 0.15) is 6.54 Å². The molecule has 0 bridgehead atoms. The lowest BCUT2D eigenvalue weighted by molar-refractivity contribution is 0.0784. The van der Waals surface area contributed by atoms with Crippen LogP contribution in [-0.4, -0.2) is 23.9 Å². The van der Waals surface area contributed by atoms with Gasteiger partial charge in [0.15, 0.2) is 0 Å². The highest BCUT2D eigenvalue weighted by atomic mass is 127. The van der Waals surface area contributed by atoms with Gasteiger partial charge in [-0.15, -0.1) is 11.3 Å². The average Bonchev–Trinajstić information content (AvgIpc) is 2.60. The molecule has 0 N–H and O–H groups in total. The maximum Gasteiger partial charge on any atom is 0.255 e. The van der Waals surface area contributed by atoms with Gasteiger partial charge in [0, 0.05) is 11.9 Å². The molecule has 0 saturated carbocycles. The van der Waals surface area contributed by atoms with Crippen LogP contribution in [-0.2, 0) is 0 Å². The molecule has 1 rings (SSSR count). The van der Waals surface area contributed by atoms with Gasteiger partial charge in [-0.1, -0.05) is 0 Å². The van der Waals surface area contributed by atoms with E-state index in [0.29, 0.717) is 12.1 Å². The van der Waals surface area contributed by atoms with Crippen LogP contribution in [0.2, 0.25) is 0 Å². The van der Waals surface area contributed by atoms with Crippen LogP contribution in [0.4, 0.5) is 0 Å². The van der Waals surface area contributed by atoms with E-state index in [1.807, 2.05) is 24.4 Å². The van der Waals surface area contributed by atoms with E-state index in [2.05, 4.69) is 22.6 Å². The van der Waals surface area contributed by atoms with Gasteiger partial charge in [-0.05, 0) is 35.6 Å². The molecule has 0 aliphatic heterocycles. The van der Waals surface area contributed by atoms with Gasteiger partial charge in [0.2, 0.25) is 0 Å². The number of hydrogen-bond donors (Lipinski definition) is 0. The Hall–Kier alpha value is -0.610. The van der Waals surface area contributed by atoms with Gasteiger partial charge in [0.25, 0.3) is 5.91 Å². The summed E-state index contributed by atoms with van der Waals surface area (Å²) in [4.78, 5) is 13.3. The Balaban J connectivity index is 2.78. The Kier molecular flexibility index (Phi) is 4.35. The first-order chi connectivity index (χ1) is 6.69. The molecule has 0 atom stereocenters. The Morgan fingerprint density at radius 2 is 2.50 bits per heavy atom. The van der Waals surface area contributed by atoms with Gasteiger partial charge in [0.05, 0.1) is 14.5 Å². The highest BCUT2D eigenvalue weighted by Gasteiger charge is 2.14. The minimum Gasteiger partial charge on any atom is -0.326 e. The Bertz CT molecular complexity index is 369. The zero-order valence-corrected chi connectivity index (χ0v) is 10.6. The molecule has 1 aromatic heterocycles. The predicted molar refractivity (Wildman–Crippen MR) is 64.2 cm³/mol. The number of carbonyl (C=O) groups is 1. The monoisotopic (exact) mass is 320 g/mol. The topological polar surface area (TPSA) is 44.1 Å². The number of thiophene rings is 1. The van der Waals surface area contributed by atoms with Gasteiger partial charge < -0.3 is 4.90 Å². The first-order valence-electron chi connectivity index (χ1n) is 4.09. The average molecular weight is 320 g/mol. The molecule has 0 saturated heterocycles. The highest BCUT2D eigenvalue weighted by Crippen LogP contribution is 2.17. The maximum absolute atomic E-state index is 11.8. The Morgan fingerprint density at radius 3 is 2.93 bits per heavy atom. The molecule has 0 aliphatic rings. The third-order valence-corrected chi connectivity index (χ3v) is 3.53.